The minimum atomic E-state index is 0.172. The van der Waals surface area contributed by atoms with Crippen molar-refractivity contribution in [3.63, 3.8) is 0 Å². The van der Waals surface area contributed by atoms with Gasteiger partial charge in [-0.3, -0.25) is 0 Å². The van der Waals surface area contributed by atoms with Gasteiger partial charge < -0.3 is 16.2 Å². The molecule has 2 atom stereocenters. The third-order valence-electron chi connectivity index (χ3n) is 4.49. The van der Waals surface area contributed by atoms with E-state index in [4.69, 9.17) is 5.73 Å². The Morgan fingerprint density at radius 3 is 2.50 bits per heavy atom. The molecule has 2 fully saturated rings. The van der Waals surface area contributed by atoms with Gasteiger partial charge in [-0.05, 0) is 32.1 Å². The molecule has 0 bridgehead atoms. The van der Waals surface area contributed by atoms with E-state index in [1.54, 1.807) is 0 Å². The summed E-state index contributed by atoms with van der Waals surface area (Å²) in [5.41, 5.74) is 6.08. The van der Waals surface area contributed by atoms with Gasteiger partial charge in [-0.15, -0.1) is 0 Å². The molecule has 0 saturated heterocycles. The third kappa shape index (κ3) is 2.96. The molecule has 0 aliphatic heterocycles. The maximum Gasteiger partial charge on any atom is 0.0499 e. The van der Waals surface area contributed by atoms with E-state index in [1.165, 1.54) is 38.5 Å². The van der Waals surface area contributed by atoms with Crippen LogP contribution in [0.1, 0.15) is 51.4 Å². The van der Waals surface area contributed by atoms with Crippen LogP contribution in [-0.4, -0.2) is 30.3 Å². The van der Waals surface area contributed by atoms with E-state index < -0.39 is 0 Å². The van der Waals surface area contributed by atoms with Crippen molar-refractivity contribution in [2.24, 2.45) is 11.1 Å². The lowest BCUT2D eigenvalue weighted by Crippen LogP contribution is -2.42. The van der Waals surface area contributed by atoms with Crippen LogP contribution in [0.4, 0.5) is 0 Å². The first-order valence-corrected chi connectivity index (χ1v) is 6.84. The molecule has 0 heterocycles. The fourth-order valence-corrected chi connectivity index (χ4v) is 3.26. The molecular weight excluding hydrogens is 200 g/mol. The summed E-state index contributed by atoms with van der Waals surface area (Å²) in [5.74, 6) is 0. The Bertz CT molecular complexity index is 214. The van der Waals surface area contributed by atoms with Crippen molar-refractivity contribution in [3.8, 4) is 0 Å². The Hall–Kier alpha value is -0.120. The van der Waals surface area contributed by atoms with Gasteiger partial charge in [0.05, 0.1) is 0 Å². The molecule has 2 saturated carbocycles. The van der Waals surface area contributed by atoms with E-state index >= 15 is 0 Å². The molecule has 0 radical (unpaired) electrons. The number of hydrogen-bond acceptors (Lipinski definition) is 3. The average molecular weight is 226 g/mol. The predicted molar refractivity (Wildman–Crippen MR) is 66.2 cm³/mol. The number of nitrogens with two attached hydrogens (primary N) is 1. The Morgan fingerprint density at radius 1 is 1.19 bits per heavy atom. The molecule has 0 amide bonds. The maximum absolute atomic E-state index is 9.60. The number of hydrogen-bond donors (Lipinski definition) is 3. The molecule has 0 spiro atoms. The van der Waals surface area contributed by atoms with Crippen molar-refractivity contribution >= 4 is 0 Å². The smallest absolute Gasteiger partial charge is 0.0499 e. The van der Waals surface area contributed by atoms with Crippen LogP contribution in [0.15, 0.2) is 0 Å². The van der Waals surface area contributed by atoms with Crippen molar-refractivity contribution in [1.29, 1.82) is 0 Å². The van der Waals surface area contributed by atoms with Gasteiger partial charge in [-0.25, -0.2) is 0 Å². The Morgan fingerprint density at radius 2 is 1.94 bits per heavy atom. The van der Waals surface area contributed by atoms with Gasteiger partial charge in [-0.1, -0.05) is 19.3 Å². The molecule has 0 aromatic heterocycles. The summed E-state index contributed by atoms with van der Waals surface area (Å²) in [6, 6.07) is 0.995. The molecule has 0 aromatic carbocycles. The molecule has 3 heteroatoms. The lowest BCUT2D eigenvalue weighted by atomic mass is 9.74. The predicted octanol–water partition coefficient (Wildman–Crippen LogP) is 1.40. The summed E-state index contributed by atoms with van der Waals surface area (Å²) in [6.07, 6.45) is 9.77. The zero-order chi connectivity index (χ0) is 11.4. The molecule has 2 aliphatic rings. The van der Waals surface area contributed by atoms with Crippen LogP contribution in [0.2, 0.25) is 0 Å². The first kappa shape index (κ1) is 12.3. The normalized spacial score (nSPS) is 34.1. The van der Waals surface area contributed by atoms with Gasteiger partial charge >= 0.3 is 0 Å². The van der Waals surface area contributed by atoms with E-state index in [-0.39, 0.29) is 5.41 Å². The van der Waals surface area contributed by atoms with Crippen molar-refractivity contribution in [2.45, 2.75) is 63.5 Å². The molecule has 2 unspecified atom stereocenters. The van der Waals surface area contributed by atoms with Gasteiger partial charge in [0.25, 0.3) is 0 Å². The topological polar surface area (TPSA) is 58.3 Å². The molecular formula is C13H26N2O. The second kappa shape index (κ2) is 5.48. The maximum atomic E-state index is 9.60. The van der Waals surface area contributed by atoms with E-state index in [2.05, 4.69) is 5.32 Å². The van der Waals surface area contributed by atoms with Crippen molar-refractivity contribution in [3.05, 3.63) is 0 Å². The highest BCUT2D eigenvalue weighted by Crippen LogP contribution is 2.35. The van der Waals surface area contributed by atoms with Gasteiger partial charge in [0, 0.05) is 30.7 Å². The monoisotopic (exact) mass is 226 g/mol. The Balaban J connectivity index is 1.78. The third-order valence-corrected chi connectivity index (χ3v) is 4.49. The zero-order valence-corrected chi connectivity index (χ0v) is 10.3. The molecule has 4 N–H and O–H groups in total. The first-order valence-electron chi connectivity index (χ1n) is 6.84. The minimum absolute atomic E-state index is 0.172. The summed E-state index contributed by atoms with van der Waals surface area (Å²) in [4.78, 5) is 0. The Kier molecular flexibility index (Phi) is 4.22. The van der Waals surface area contributed by atoms with E-state index in [0.717, 1.165) is 19.4 Å². The minimum Gasteiger partial charge on any atom is -0.396 e. The van der Waals surface area contributed by atoms with Crippen LogP contribution in [0.25, 0.3) is 0 Å². The summed E-state index contributed by atoms with van der Waals surface area (Å²) in [5, 5.41) is 13.2. The molecule has 0 aromatic rings. The zero-order valence-electron chi connectivity index (χ0n) is 10.3. The van der Waals surface area contributed by atoms with Crippen LogP contribution >= 0.6 is 0 Å². The van der Waals surface area contributed by atoms with Crippen molar-refractivity contribution in [1.82, 2.24) is 5.32 Å². The highest BCUT2D eigenvalue weighted by Gasteiger charge is 2.32. The van der Waals surface area contributed by atoms with Crippen molar-refractivity contribution in [2.75, 3.05) is 13.2 Å². The second-order valence-electron chi connectivity index (χ2n) is 5.87. The number of aliphatic hydroxyl groups is 1. The summed E-state index contributed by atoms with van der Waals surface area (Å²) >= 11 is 0. The molecule has 16 heavy (non-hydrogen) atoms. The van der Waals surface area contributed by atoms with E-state index in [9.17, 15) is 5.11 Å². The SMILES string of the molecule is NC1CCC(NCC2(CO)CCCCC2)C1. The molecule has 2 rings (SSSR count). The molecule has 3 nitrogen and oxygen atoms in total. The fraction of sp³-hybridized carbons (Fsp3) is 1.00. The summed E-state index contributed by atoms with van der Waals surface area (Å²) in [7, 11) is 0. The molecule has 94 valence electrons. The second-order valence-corrected chi connectivity index (χ2v) is 5.87. The summed E-state index contributed by atoms with van der Waals surface area (Å²) < 4.78 is 0. The first-order chi connectivity index (χ1) is 7.74. The van der Waals surface area contributed by atoms with Crippen LogP contribution in [-0.2, 0) is 0 Å². The average Bonchev–Trinajstić information content (AvgIpc) is 2.74. The Labute approximate surface area is 98.8 Å². The number of rotatable bonds is 4. The lowest BCUT2D eigenvalue weighted by molar-refractivity contribution is 0.0784. The largest absolute Gasteiger partial charge is 0.396 e. The van der Waals surface area contributed by atoms with Gasteiger partial charge in [-0.2, -0.15) is 0 Å². The summed E-state index contributed by atoms with van der Waals surface area (Å²) in [6.45, 7) is 1.33. The van der Waals surface area contributed by atoms with Gasteiger partial charge in [0.15, 0.2) is 0 Å². The van der Waals surface area contributed by atoms with E-state index in [1.807, 2.05) is 0 Å². The number of aliphatic hydroxyl groups excluding tert-OH is 1. The quantitative estimate of drug-likeness (QED) is 0.679. The van der Waals surface area contributed by atoms with Gasteiger partial charge in [0.1, 0.15) is 0 Å². The highest BCUT2D eigenvalue weighted by atomic mass is 16.3. The van der Waals surface area contributed by atoms with Crippen LogP contribution in [0, 0.1) is 5.41 Å². The van der Waals surface area contributed by atoms with Gasteiger partial charge in [0.2, 0.25) is 0 Å². The number of nitrogens with one attached hydrogen (secondary N) is 1. The standard InChI is InChI=1S/C13H26N2O/c14-11-4-5-12(8-11)15-9-13(10-16)6-2-1-3-7-13/h11-12,15-16H,1-10,14H2. The molecule has 2 aliphatic carbocycles. The van der Waals surface area contributed by atoms with Crippen LogP contribution < -0.4 is 11.1 Å². The van der Waals surface area contributed by atoms with Crippen LogP contribution in [0.3, 0.4) is 0 Å². The van der Waals surface area contributed by atoms with Crippen LogP contribution in [0.5, 0.6) is 0 Å². The van der Waals surface area contributed by atoms with E-state index in [0.29, 0.717) is 18.7 Å². The fourth-order valence-electron chi connectivity index (χ4n) is 3.26. The lowest BCUT2D eigenvalue weighted by Gasteiger charge is -2.36. The van der Waals surface area contributed by atoms with Crippen molar-refractivity contribution < 1.29 is 5.11 Å². The highest BCUT2D eigenvalue weighted by molar-refractivity contribution is 4.88.